The van der Waals surface area contributed by atoms with Crippen LogP contribution in [0.1, 0.15) is 18.1 Å². The topological polar surface area (TPSA) is 58.2 Å². The Labute approximate surface area is 144 Å². The zero-order valence-electron chi connectivity index (χ0n) is 12.9. The SMILES string of the molecule is CCc1ccc(NC(=O)CNC(=O)Cc2ccc(Br)cc2)cc1. The van der Waals surface area contributed by atoms with Crippen LogP contribution < -0.4 is 10.6 Å². The van der Waals surface area contributed by atoms with E-state index >= 15 is 0 Å². The lowest BCUT2D eigenvalue weighted by Gasteiger charge is -2.08. The van der Waals surface area contributed by atoms with Crippen LogP contribution >= 0.6 is 15.9 Å². The molecule has 0 aromatic heterocycles. The Bertz CT molecular complexity index is 666. The zero-order chi connectivity index (χ0) is 16.7. The summed E-state index contributed by atoms with van der Waals surface area (Å²) in [6, 6.07) is 15.2. The first-order chi connectivity index (χ1) is 11.1. The van der Waals surface area contributed by atoms with E-state index in [1.54, 1.807) is 0 Å². The lowest BCUT2D eigenvalue weighted by atomic mass is 10.1. The molecule has 0 unspecified atom stereocenters. The van der Waals surface area contributed by atoms with Crippen molar-refractivity contribution < 1.29 is 9.59 Å². The second-order valence-electron chi connectivity index (χ2n) is 5.18. The number of nitrogens with one attached hydrogen (secondary N) is 2. The predicted octanol–water partition coefficient (Wildman–Crippen LogP) is 3.31. The van der Waals surface area contributed by atoms with E-state index in [2.05, 4.69) is 33.5 Å². The van der Waals surface area contributed by atoms with Crippen LogP contribution in [0.25, 0.3) is 0 Å². The van der Waals surface area contributed by atoms with Gasteiger partial charge in [0.15, 0.2) is 0 Å². The molecule has 2 rings (SSSR count). The second kappa shape index (κ2) is 8.48. The van der Waals surface area contributed by atoms with E-state index in [9.17, 15) is 9.59 Å². The molecule has 0 saturated heterocycles. The Morgan fingerprint density at radius 3 is 2.13 bits per heavy atom. The van der Waals surface area contributed by atoms with Gasteiger partial charge in [-0.1, -0.05) is 47.1 Å². The number of amides is 2. The maximum Gasteiger partial charge on any atom is 0.243 e. The van der Waals surface area contributed by atoms with Crippen LogP contribution in [-0.2, 0) is 22.4 Å². The monoisotopic (exact) mass is 374 g/mol. The zero-order valence-corrected chi connectivity index (χ0v) is 14.5. The van der Waals surface area contributed by atoms with Crippen LogP contribution in [-0.4, -0.2) is 18.4 Å². The van der Waals surface area contributed by atoms with Crippen LogP contribution in [0.2, 0.25) is 0 Å². The fourth-order valence-electron chi connectivity index (χ4n) is 2.06. The van der Waals surface area contributed by atoms with E-state index in [0.29, 0.717) is 0 Å². The van der Waals surface area contributed by atoms with Gasteiger partial charge in [0.1, 0.15) is 0 Å². The highest BCUT2D eigenvalue weighted by atomic mass is 79.9. The Morgan fingerprint density at radius 1 is 0.913 bits per heavy atom. The first kappa shape index (κ1) is 17.2. The Balaban J connectivity index is 1.76. The van der Waals surface area contributed by atoms with Gasteiger partial charge in [0.05, 0.1) is 13.0 Å². The van der Waals surface area contributed by atoms with Gasteiger partial charge in [-0.3, -0.25) is 9.59 Å². The number of carbonyl (C=O) groups excluding carboxylic acids is 2. The molecule has 0 radical (unpaired) electrons. The normalized spacial score (nSPS) is 10.2. The van der Waals surface area contributed by atoms with Crippen LogP contribution in [0.5, 0.6) is 0 Å². The van der Waals surface area contributed by atoms with Crippen LogP contribution in [0.4, 0.5) is 5.69 Å². The third-order valence-electron chi connectivity index (χ3n) is 3.37. The van der Waals surface area contributed by atoms with Gasteiger partial charge >= 0.3 is 0 Å². The minimum Gasteiger partial charge on any atom is -0.347 e. The van der Waals surface area contributed by atoms with Gasteiger partial charge in [-0.15, -0.1) is 0 Å². The molecule has 0 aliphatic rings. The summed E-state index contributed by atoms with van der Waals surface area (Å²) in [6.45, 7) is 2.04. The summed E-state index contributed by atoms with van der Waals surface area (Å²) in [5.74, 6) is -0.415. The highest BCUT2D eigenvalue weighted by Gasteiger charge is 2.07. The van der Waals surface area contributed by atoms with Gasteiger partial charge in [0.2, 0.25) is 11.8 Å². The Morgan fingerprint density at radius 2 is 1.52 bits per heavy atom. The van der Waals surface area contributed by atoms with Gasteiger partial charge in [-0.2, -0.15) is 0 Å². The maximum absolute atomic E-state index is 11.8. The molecule has 0 bridgehead atoms. The summed E-state index contributed by atoms with van der Waals surface area (Å²) >= 11 is 3.35. The van der Waals surface area contributed by atoms with Crippen molar-refractivity contribution in [3.05, 3.63) is 64.1 Å². The Hall–Kier alpha value is -2.14. The van der Waals surface area contributed by atoms with E-state index in [0.717, 1.165) is 22.1 Å². The molecule has 0 heterocycles. The number of benzene rings is 2. The van der Waals surface area contributed by atoms with Crippen molar-refractivity contribution in [3.8, 4) is 0 Å². The molecule has 2 aromatic carbocycles. The predicted molar refractivity (Wildman–Crippen MR) is 95.3 cm³/mol. The number of aryl methyl sites for hydroxylation is 1. The number of carbonyl (C=O) groups is 2. The Kier molecular flexibility index (Phi) is 6.35. The van der Waals surface area contributed by atoms with Crippen molar-refractivity contribution in [3.63, 3.8) is 0 Å². The van der Waals surface area contributed by atoms with E-state index in [1.165, 1.54) is 5.56 Å². The number of hydrogen-bond acceptors (Lipinski definition) is 2. The smallest absolute Gasteiger partial charge is 0.243 e. The third-order valence-corrected chi connectivity index (χ3v) is 3.90. The van der Waals surface area contributed by atoms with E-state index < -0.39 is 0 Å². The van der Waals surface area contributed by atoms with Gasteiger partial charge < -0.3 is 10.6 Å². The van der Waals surface area contributed by atoms with Crippen LogP contribution in [0.15, 0.2) is 53.0 Å². The van der Waals surface area contributed by atoms with Crippen molar-refractivity contribution in [2.75, 3.05) is 11.9 Å². The van der Waals surface area contributed by atoms with E-state index in [4.69, 9.17) is 0 Å². The summed E-state index contributed by atoms with van der Waals surface area (Å²) in [6.07, 6.45) is 1.21. The molecule has 0 atom stereocenters. The molecule has 0 aliphatic heterocycles. The molecule has 4 nitrogen and oxygen atoms in total. The number of anilines is 1. The van der Waals surface area contributed by atoms with Crippen molar-refractivity contribution in [1.82, 2.24) is 5.32 Å². The molecular weight excluding hydrogens is 356 g/mol. The van der Waals surface area contributed by atoms with Gasteiger partial charge in [-0.25, -0.2) is 0 Å². The summed E-state index contributed by atoms with van der Waals surface area (Å²) in [5.41, 5.74) is 2.85. The third kappa shape index (κ3) is 5.87. The maximum atomic E-state index is 11.8. The molecule has 2 amide bonds. The molecule has 0 aliphatic carbocycles. The van der Waals surface area contributed by atoms with Crippen LogP contribution in [0.3, 0.4) is 0 Å². The summed E-state index contributed by atoms with van der Waals surface area (Å²) in [7, 11) is 0. The van der Waals surface area contributed by atoms with Crippen molar-refractivity contribution in [1.29, 1.82) is 0 Å². The first-order valence-electron chi connectivity index (χ1n) is 7.46. The van der Waals surface area contributed by atoms with Crippen molar-refractivity contribution in [2.24, 2.45) is 0 Å². The van der Waals surface area contributed by atoms with Crippen LogP contribution in [0, 0.1) is 0 Å². The lowest BCUT2D eigenvalue weighted by molar-refractivity contribution is -0.123. The lowest BCUT2D eigenvalue weighted by Crippen LogP contribution is -2.33. The molecule has 0 spiro atoms. The highest BCUT2D eigenvalue weighted by molar-refractivity contribution is 9.10. The van der Waals surface area contributed by atoms with Gasteiger partial charge in [0.25, 0.3) is 0 Å². The van der Waals surface area contributed by atoms with Crippen molar-refractivity contribution >= 4 is 33.4 Å². The average Bonchev–Trinajstić information content (AvgIpc) is 2.56. The standard InChI is InChI=1S/C18H19BrN2O2/c1-2-13-5-9-16(10-6-13)21-18(23)12-20-17(22)11-14-3-7-15(19)8-4-14/h3-10H,2,11-12H2,1H3,(H,20,22)(H,21,23). The first-order valence-corrected chi connectivity index (χ1v) is 8.26. The highest BCUT2D eigenvalue weighted by Crippen LogP contribution is 2.11. The number of halogens is 1. The summed E-state index contributed by atoms with van der Waals surface area (Å²) in [5, 5.41) is 5.39. The quantitative estimate of drug-likeness (QED) is 0.814. The molecule has 2 aromatic rings. The molecule has 120 valence electrons. The molecular formula is C18H19BrN2O2. The van der Waals surface area contributed by atoms with E-state index in [1.807, 2.05) is 48.5 Å². The fraction of sp³-hybridized carbons (Fsp3) is 0.222. The van der Waals surface area contributed by atoms with E-state index in [-0.39, 0.29) is 24.8 Å². The average molecular weight is 375 g/mol. The van der Waals surface area contributed by atoms with Gasteiger partial charge in [0, 0.05) is 10.2 Å². The summed E-state index contributed by atoms with van der Waals surface area (Å²) in [4.78, 5) is 23.7. The minimum absolute atomic E-state index is 0.0368. The summed E-state index contributed by atoms with van der Waals surface area (Å²) < 4.78 is 0.968. The number of hydrogen-bond donors (Lipinski definition) is 2. The molecule has 0 saturated carbocycles. The largest absolute Gasteiger partial charge is 0.347 e. The second-order valence-corrected chi connectivity index (χ2v) is 6.09. The molecule has 23 heavy (non-hydrogen) atoms. The molecule has 5 heteroatoms. The van der Waals surface area contributed by atoms with Crippen molar-refractivity contribution in [2.45, 2.75) is 19.8 Å². The van der Waals surface area contributed by atoms with Gasteiger partial charge in [-0.05, 0) is 41.8 Å². The molecule has 0 fully saturated rings. The number of rotatable bonds is 6. The fourth-order valence-corrected chi connectivity index (χ4v) is 2.32. The minimum atomic E-state index is -0.238. The molecule has 2 N–H and O–H groups in total.